The Bertz CT molecular complexity index is 835. The predicted octanol–water partition coefficient (Wildman–Crippen LogP) is 2.67. The molecule has 0 saturated carbocycles. The van der Waals surface area contributed by atoms with E-state index in [-0.39, 0.29) is 5.96 Å². The zero-order valence-electron chi connectivity index (χ0n) is 12.6. The van der Waals surface area contributed by atoms with Gasteiger partial charge < -0.3 is 5.73 Å². The van der Waals surface area contributed by atoms with Crippen molar-refractivity contribution in [2.45, 2.75) is 6.54 Å². The zero-order chi connectivity index (χ0) is 15.9. The van der Waals surface area contributed by atoms with Crippen LogP contribution in [0, 0.1) is 0 Å². The maximum Gasteiger partial charge on any atom is 0.209 e. The van der Waals surface area contributed by atoms with Gasteiger partial charge in [0.1, 0.15) is 0 Å². The summed E-state index contributed by atoms with van der Waals surface area (Å²) in [5.41, 5.74) is 11.6. The van der Waals surface area contributed by atoms with Crippen LogP contribution >= 0.6 is 0 Å². The number of hydrazone groups is 1. The highest BCUT2D eigenvalue weighted by Gasteiger charge is 1.98. The number of nitrogens with one attached hydrogen (secondary N) is 1. The molecule has 2 aromatic carbocycles. The van der Waals surface area contributed by atoms with Gasteiger partial charge in [-0.1, -0.05) is 48.5 Å². The highest BCUT2D eigenvalue weighted by atomic mass is 15.3. The Hall–Kier alpha value is -3.21. The van der Waals surface area contributed by atoms with E-state index in [0.717, 1.165) is 22.0 Å². The van der Waals surface area contributed by atoms with Crippen LogP contribution in [0.5, 0.6) is 0 Å². The summed E-state index contributed by atoms with van der Waals surface area (Å²) >= 11 is 0. The number of guanidine groups is 1. The van der Waals surface area contributed by atoms with Gasteiger partial charge in [-0.3, -0.25) is 4.98 Å². The number of benzene rings is 2. The van der Waals surface area contributed by atoms with E-state index in [0.29, 0.717) is 6.54 Å². The third-order valence-corrected chi connectivity index (χ3v) is 3.34. The van der Waals surface area contributed by atoms with E-state index >= 15 is 0 Å². The van der Waals surface area contributed by atoms with E-state index in [1.54, 1.807) is 12.4 Å². The third-order valence-electron chi connectivity index (χ3n) is 3.34. The minimum absolute atomic E-state index is 0.281. The number of aromatic nitrogens is 1. The molecule has 5 nitrogen and oxygen atoms in total. The number of nitrogens with two attached hydrogens (primary N) is 1. The van der Waals surface area contributed by atoms with Gasteiger partial charge in [-0.2, -0.15) is 5.10 Å². The van der Waals surface area contributed by atoms with Gasteiger partial charge in [0.05, 0.1) is 18.3 Å². The normalized spacial score (nSPS) is 11.9. The van der Waals surface area contributed by atoms with Gasteiger partial charge in [-0.15, -0.1) is 0 Å². The van der Waals surface area contributed by atoms with Crippen molar-refractivity contribution in [2.75, 3.05) is 0 Å². The van der Waals surface area contributed by atoms with Gasteiger partial charge in [0.25, 0.3) is 0 Å². The van der Waals surface area contributed by atoms with Crippen molar-refractivity contribution in [3.63, 3.8) is 0 Å². The second kappa shape index (κ2) is 7.17. The molecule has 0 saturated heterocycles. The summed E-state index contributed by atoms with van der Waals surface area (Å²) in [6, 6.07) is 19.7. The van der Waals surface area contributed by atoms with Crippen LogP contribution in [0.2, 0.25) is 0 Å². The largest absolute Gasteiger partial charge is 0.369 e. The van der Waals surface area contributed by atoms with Crippen LogP contribution in [-0.4, -0.2) is 17.2 Å². The molecule has 0 radical (unpaired) electrons. The summed E-state index contributed by atoms with van der Waals surface area (Å²) in [6.45, 7) is 0.521. The van der Waals surface area contributed by atoms with Gasteiger partial charge in [-0.25, -0.2) is 10.4 Å². The SMILES string of the molecule is NC(=NCc1ccccc1)N/N=C/c1ccnc2ccccc12. The van der Waals surface area contributed by atoms with Crippen molar-refractivity contribution < 1.29 is 0 Å². The van der Waals surface area contributed by atoms with Gasteiger partial charge >= 0.3 is 0 Å². The molecule has 3 rings (SSSR count). The Morgan fingerprint density at radius 3 is 2.70 bits per heavy atom. The van der Waals surface area contributed by atoms with Crippen LogP contribution in [0.4, 0.5) is 0 Å². The fourth-order valence-corrected chi connectivity index (χ4v) is 2.19. The number of pyridine rings is 1. The van der Waals surface area contributed by atoms with E-state index in [2.05, 4.69) is 20.5 Å². The van der Waals surface area contributed by atoms with Crippen molar-refractivity contribution >= 4 is 23.1 Å². The lowest BCUT2D eigenvalue weighted by Crippen LogP contribution is -2.27. The topological polar surface area (TPSA) is 75.7 Å². The van der Waals surface area contributed by atoms with Crippen LogP contribution in [0.15, 0.2) is 77.0 Å². The Morgan fingerprint density at radius 1 is 1.04 bits per heavy atom. The quantitative estimate of drug-likeness (QED) is 0.442. The van der Waals surface area contributed by atoms with Crippen LogP contribution in [0.25, 0.3) is 10.9 Å². The number of fused-ring (bicyclic) bond motifs is 1. The van der Waals surface area contributed by atoms with Crippen molar-refractivity contribution in [1.82, 2.24) is 10.4 Å². The summed E-state index contributed by atoms with van der Waals surface area (Å²) in [6.07, 6.45) is 3.48. The molecule has 0 unspecified atom stereocenters. The lowest BCUT2D eigenvalue weighted by molar-refractivity contribution is 0.963. The molecule has 0 aliphatic carbocycles. The summed E-state index contributed by atoms with van der Waals surface area (Å²) in [4.78, 5) is 8.56. The first-order valence-corrected chi connectivity index (χ1v) is 7.29. The standard InChI is InChI=1S/C18H17N5/c19-18(21-12-14-6-2-1-3-7-14)23-22-13-15-10-11-20-17-9-5-4-8-16(15)17/h1-11,13H,12H2,(H3,19,21,23)/b22-13+. The first-order chi connectivity index (χ1) is 11.3. The third kappa shape index (κ3) is 3.91. The Balaban J connectivity index is 1.66. The Kier molecular flexibility index (Phi) is 4.59. The Labute approximate surface area is 134 Å². The minimum Gasteiger partial charge on any atom is -0.369 e. The average molecular weight is 303 g/mol. The second-order valence-electron chi connectivity index (χ2n) is 4.97. The molecule has 114 valence electrons. The van der Waals surface area contributed by atoms with Crippen LogP contribution in [0.3, 0.4) is 0 Å². The van der Waals surface area contributed by atoms with E-state index in [1.165, 1.54) is 0 Å². The smallest absolute Gasteiger partial charge is 0.209 e. The number of hydrogen-bond acceptors (Lipinski definition) is 3. The lowest BCUT2D eigenvalue weighted by atomic mass is 10.1. The molecule has 1 heterocycles. The molecular formula is C18H17N5. The Morgan fingerprint density at radius 2 is 1.83 bits per heavy atom. The zero-order valence-corrected chi connectivity index (χ0v) is 12.6. The molecule has 3 N–H and O–H groups in total. The summed E-state index contributed by atoms with van der Waals surface area (Å²) < 4.78 is 0. The summed E-state index contributed by atoms with van der Waals surface area (Å²) in [7, 11) is 0. The molecule has 23 heavy (non-hydrogen) atoms. The molecule has 0 aliphatic heterocycles. The number of nitrogens with zero attached hydrogens (tertiary/aromatic N) is 3. The highest BCUT2D eigenvalue weighted by molar-refractivity contribution is 5.98. The molecule has 0 atom stereocenters. The minimum atomic E-state index is 0.281. The first kappa shape index (κ1) is 14.7. The van der Waals surface area contributed by atoms with E-state index in [4.69, 9.17) is 5.73 Å². The number of aliphatic imine (C=N–C) groups is 1. The van der Waals surface area contributed by atoms with Crippen molar-refractivity contribution in [3.8, 4) is 0 Å². The molecule has 0 aliphatic rings. The second-order valence-corrected chi connectivity index (χ2v) is 4.97. The average Bonchev–Trinajstić information content (AvgIpc) is 2.61. The molecule has 0 amide bonds. The van der Waals surface area contributed by atoms with Crippen molar-refractivity contribution in [1.29, 1.82) is 0 Å². The van der Waals surface area contributed by atoms with Crippen molar-refractivity contribution in [3.05, 3.63) is 78.0 Å². The molecule has 3 aromatic rings. The fourth-order valence-electron chi connectivity index (χ4n) is 2.19. The van der Waals surface area contributed by atoms with E-state index in [1.807, 2.05) is 60.7 Å². The number of para-hydroxylation sites is 1. The van der Waals surface area contributed by atoms with Gasteiger partial charge in [0, 0.05) is 17.1 Å². The first-order valence-electron chi connectivity index (χ1n) is 7.29. The lowest BCUT2D eigenvalue weighted by Gasteiger charge is -2.02. The monoisotopic (exact) mass is 303 g/mol. The van der Waals surface area contributed by atoms with Crippen LogP contribution < -0.4 is 11.2 Å². The van der Waals surface area contributed by atoms with Gasteiger partial charge in [0.2, 0.25) is 5.96 Å². The molecule has 1 aromatic heterocycles. The fraction of sp³-hybridized carbons (Fsp3) is 0.0556. The maximum atomic E-state index is 5.81. The molecule has 0 bridgehead atoms. The van der Waals surface area contributed by atoms with E-state index < -0.39 is 0 Å². The predicted molar refractivity (Wildman–Crippen MR) is 94.2 cm³/mol. The highest BCUT2D eigenvalue weighted by Crippen LogP contribution is 2.13. The van der Waals surface area contributed by atoms with Crippen LogP contribution in [-0.2, 0) is 6.54 Å². The van der Waals surface area contributed by atoms with Gasteiger partial charge in [-0.05, 0) is 17.7 Å². The molecule has 0 fully saturated rings. The number of hydrogen-bond donors (Lipinski definition) is 2. The van der Waals surface area contributed by atoms with Crippen molar-refractivity contribution in [2.24, 2.45) is 15.8 Å². The summed E-state index contributed by atoms with van der Waals surface area (Å²) in [5, 5.41) is 5.19. The number of rotatable bonds is 4. The summed E-state index contributed by atoms with van der Waals surface area (Å²) in [5.74, 6) is 0.281. The van der Waals surface area contributed by atoms with Gasteiger partial charge in [0.15, 0.2) is 0 Å². The molecule has 0 spiro atoms. The maximum absolute atomic E-state index is 5.81. The molecular weight excluding hydrogens is 286 g/mol. The molecule has 5 heteroatoms. The van der Waals surface area contributed by atoms with E-state index in [9.17, 15) is 0 Å². The van der Waals surface area contributed by atoms with Crippen LogP contribution in [0.1, 0.15) is 11.1 Å².